The van der Waals surface area contributed by atoms with Gasteiger partial charge in [0.05, 0.1) is 11.3 Å². The van der Waals surface area contributed by atoms with Crippen LogP contribution in [0.5, 0.6) is 0 Å². The summed E-state index contributed by atoms with van der Waals surface area (Å²) in [6.07, 6.45) is 0.592. The van der Waals surface area contributed by atoms with Crippen LogP contribution >= 0.6 is 11.8 Å². The van der Waals surface area contributed by atoms with Crippen LogP contribution in [0.25, 0.3) is 0 Å². The number of nitrogens with two attached hydrogens (primary N) is 1. The Balaban J connectivity index is 1.77. The van der Waals surface area contributed by atoms with E-state index in [0.29, 0.717) is 47.8 Å². The molecule has 2 aromatic heterocycles. The van der Waals surface area contributed by atoms with Crippen molar-refractivity contribution in [3.8, 4) is 6.07 Å². The zero-order chi connectivity index (χ0) is 25.5. The number of nitriles is 1. The van der Waals surface area contributed by atoms with Gasteiger partial charge in [0.1, 0.15) is 17.7 Å². The van der Waals surface area contributed by atoms with Crippen molar-refractivity contribution in [2.24, 2.45) is 11.7 Å². The molecule has 0 atom stereocenters. The van der Waals surface area contributed by atoms with E-state index in [2.05, 4.69) is 35.4 Å². The predicted octanol–water partition coefficient (Wildman–Crippen LogP) is 3.42. The van der Waals surface area contributed by atoms with E-state index < -0.39 is 5.91 Å². The number of hydrogen-bond acceptors (Lipinski definition) is 6. The molecule has 0 aliphatic carbocycles. The number of nitrogens with one attached hydrogen (secondary N) is 1. The lowest BCUT2D eigenvalue weighted by Crippen LogP contribution is -2.19. The Morgan fingerprint density at radius 1 is 1.17 bits per heavy atom. The van der Waals surface area contributed by atoms with Gasteiger partial charge in [-0.25, -0.2) is 0 Å². The van der Waals surface area contributed by atoms with E-state index in [1.54, 1.807) is 0 Å². The number of carbonyl (C=O) groups is 2. The highest BCUT2D eigenvalue weighted by molar-refractivity contribution is 7.99. The Morgan fingerprint density at radius 2 is 1.89 bits per heavy atom. The Kier molecular flexibility index (Phi) is 8.71. The van der Waals surface area contributed by atoms with Gasteiger partial charge >= 0.3 is 0 Å². The summed E-state index contributed by atoms with van der Waals surface area (Å²) in [5.74, 6) is 0.979. The highest BCUT2D eigenvalue weighted by Gasteiger charge is 2.21. The summed E-state index contributed by atoms with van der Waals surface area (Å²) >= 11 is 1.27. The van der Waals surface area contributed by atoms with E-state index >= 15 is 0 Å². The first-order valence-electron chi connectivity index (χ1n) is 11.5. The fourth-order valence-corrected chi connectivity index (χ4v) is 4.55. The van der Waals surface area contributed by atoms with Crippen LogP contribution in [0.2, 0.25) is 0 Å². The molecule has 0 unspecified atom stereocenters. The highest BCUT2D eigenvalue weighted by atomic mass is 32.2. The smallest absolute Gasteiger partial charge is 0.235 e. The molecule has 3 aromatic rings. The molecule has 1 aromatic carbocycles. The quantitative estimate of drug-likeness (QED) is 0.394. The fourth-order valence-electron chi connectivity index (χ4n) is 3.79. The van der Waals surface area contributed by atoms with E-state index in [9.17, 15) is 14.9 Å². The minimum absolute atomic E-state index is 0.103. The monoisotopic (exact) mass is 493 g/mol. The van der Waals surface area contributed by atoms with Crippen molar-refractivity contribution in [3.05, 3.63) is 58.5 Å². The molecule has 0 bridgehead atoms. The first-order chi connectivity index (χ1) is 16.7. The molecule has 35 heavy (non-hydrogen) atoms. The summed E-state index contributed by atoms with van der Waals surface area (Å²) in [6.45, 7) is 9.21. The number of benzene rings is 1. The van der Waals surface area contributed by atoms with Gasteiger partial charge < -0.3 is 20.2 Å². The third kappa shape index (κ3) is 6.51. The van der Waals surface area contributed by atoms with Crippen LogP contribution in [-0.4, -0.2) is 36.9 Å². The lowest BCUT2D eigenvalue weighted by atomic mass is 10.2. The zero-order valence-corrected chi connectivity index (χ0v) is 21.4. The molecule has 3 N–H and O–H groups in total. The number of thioether (sulfide) groups is 1. The number of amides is 2. The third-order valence-corrected chi connectivity index (χ3v) is 6.62. The lowest BCUT2D eigenvalue weighted by molar-refractivity contribution is -0.118. The maximum atomic E-state index is 13.0. The van der Waals surface area contributed by atoms with E-state index in [0.717, 1.165) is 16.8 Å². The molecule has 10 heteroatoms. The lowest BCUT2D eigenvalue weighted by Gasteiger charge is -2.14. The molecule has 9 nitrogen and oxygen atoms in total. The van der Waals surface area contributed by atoms with Crippen LogP contribution in [0.4, 0.5) is 5.82 Å². The standard InChI is InChI=1S/C25H31N7O2S/c1-16(2)13-32-22(11-10-21(27)33)29-30-25(32)35-15-23(34)28-24-20(12-26)17(3)18(4)31(24)14-19-8-6-5-7-9-19/h5-9,16H,10-11,13-15H2,1-4H3,(H2,27,33)(H,28,34). The first kappa shape index (κ1) is 26.0. The molecule has 0 saturated heterocycles. The molecule has 0 radical (unpaired) electrons. The summed E-state index contributed by atoms with van der Waals surface area (Å²) in [4.78, 5) is 24.2. The summed E-state index contributed by atoms with van der Waals surface area (Å²) in [5, 5.41) is 21.8. The Hall–Kier alpha value is -3.58. The number of aromatic nitrogens is 4. The van der Waals surface area contributed by atoms with Gasteiger partial charge in [0.25, 0.3) is 0 Å². The number of anilines is 1. The Bertz CT molecular complexity index is 1240. The molecule has 2 amide bonds. The van der Waals surface area contributed by atoms with E-state index in [-0.39, 0.29) is 18.1 Å². The van der Waals surface area contributed by atoms with Crippen molar-refractivity contribution < 1.29 is 9.59 Å². The molecule has 0 saturated carbocycles. The van der Waals surface area contributed by atoms with Crippen LogP contribution in [-0.2, 0) is 29.1 Å². The molecular formula is C25H31N7O2S. The van der Waals surface area contributed by atoms with Crippen LogP contribution < -0.4 is 11.1 Å². The highest BCUT2D eigenvalue weighted by Crippen LogP contribution is 2.28. The van der Waals surface area contributed by atoms with Crippen molar-refractivity contribution >= 4 is 29.4 Å². The van der Waals surface area contributed by atoms with Gasteiger partial charge in [-0.1, -0.05) is 55.9 Å². The summed E-state index contributed by atoms with van der Waals surface area (Å²) in [7, 11) is 0. The van der Waals surface area contributed by atoms with Crippen molar-refractivity contribution in [2.75, 3.05) is 11.1 Å². The summed E-state index contributed by atoms with van der Waals surface area (Å²) < 4.78 is 3.91. The van der Waals surface area contributed by atoms with Crippen molar-refractivity contribution in [1.82, 2.24) is 19.3 Å². The summed E-state index contributed by atoms with van der Waals surface area (Å²) in [6, 6.07) is 12.2. The van der Waals surface area contributed by atoms with E-state index in [4.69, 9.17) is 5.73 Å². The second kappa shape index (κ2) is 11.7. The van der Waals surface area contributed by atoms with Gasteiger partial charge in [-0.15, -0.1) is 10.2 Å². The van der Waals surface area contributed by atoms with Crippen molar-refractivity contribution in [3.63, 3.8) is 0 Å². The van der Waals surface area contributed by atoms with Gasteiger partial charge in [-0.3, -0.25) is 9.59 Å². The van der Waals surface area contributed by atoms with Crippen LogP contribution in [0, 0.1) is 31.1 Å². The topological polar surface area (TPSA) is 132 Å². The average molecular weight is 494 g/mol. The molecule has 0 fully saturated rings. The van der Waals surface area contributed by atoms with Gasteiger partial charge in [0, 0.05) is 31.6 Å². The predicted molar refractivity (Wildman–Crippen MR) is 136 cm³/mol. The summed E-state index contributed by atoms with van der Waals surface area (Å²) in [5.41, 5.74) is 8.61. The number of hydrogen-bond donors (Lipinski definition) is 2. The second-order valence-corrected chi connectivity index (χ2v) is 9.77. The molecule has 184 valence electrons. The number of primary amides is 1. The molecule has 0 aliphatic rings. The third-order valence-electron chi connectivity index (χ3n) is 5.65. The van der Waals surface area contributed by atoms with Gasteiger partial charge in [0.2, 0.25) is 11.8 Å². The maximum absolute atomic E-state index is 13.0. The fraction of sp³-hybridized carbons (Fsp3) is 0.400. The first-order valence-corrected chi connectivity index (χ1v) is 12.5. The largest absolute Gasteiger partial charge is 0.370 e. The maximum Gasteiger partial charge on any atom is 0.235 e. The van der Waals surface area contributed by atoms with E-state index in [1.165, 1.54) is 11.8 Å². The van der Waals surface area contributed by atoms with Crippen LogP contribution in [0.1, 0.15) is 48.5 Å². The second-order valence-electron chi connectivity index (χ2n) is 8.82. The van der Waals surface area contributed by atoms with Gasteiger partial charge in [-0.2, -0.15) is 5.26 Å². The van der Waals surface area contributed by atoms with Crippen LogP contribution in [0.3, 0.4) is 0 Å². The van der Waals surface area contributed by atoms with Crippen molar-refractivity contribution in [2.45, 2.75) is 58.8 Å². The minimum atomic E-state index is -0.393. The minimum Gasteiger partial charge on any atom is -0.370 e. The molecule has 0 aliphatic heterocycles. The SMILES string of the molecule is Cc1c(C#N)c(NC(=O)CSc2nnc(CCC(N)=O)n2CC(C)C)n(Cc2ccccc2)c1C. The molecule has 2 heterocycles. The normalized spacial score (nSPS) is 11.0. The number of nitrogens with zero attached hydrogens (tertiary/aromatic N) is 5. The van der Waals surface area contributed by atoms with Gasteiger partial charge in [-0.05, 0) is 30.9 Å². The van der Waals surface area contributed by atoms with Gasteiger partial charge in [0.15, 0.2) is 5.16 Å². The number of rotatable bonds is 11. The average Bonchev–Trinajstić information content (AvgIpc) is 3.29. The Morgan fingerprint density at radius 3 is 2.51 bits per heavy atom. The zero-order valence-electron chi connectivity index (χ0n) is 20.5. The van der Waals surface area contributed by atoms with E-state index in [1.807, 2.05) is 53.3 Å². The number of aryl methyl sites for hydroxylation is 1. The van der Waals surface area contributed by atoms with Crippen LogP contribution in [0.15, 0.2) is 35.5 Å². The Labute approximate surface area is 209 Å². The van der Waals surface area contributed by atoms with Crippen molar-refractivity contribution in [1.29, 1.82) is 5.26 Å². The molecule has 3 rings (SSSR count). The molecule has 0 spiro atoms. The molecular weight excluding hydrogens is 462 g/mol. The number of carbonyl (C=O) groups excluding carboxylic acids is 2.